The standard InChI is InChI=1S/C27H27F/c1-4-19(2)27(3)17-22-10-5-6-13-23(22)25(18-27)21-12-9-11-20(16-21)24-14-7-8-15-26(24)28/h5-6,8-13,15-16,19,25H,4,17-18H2,1-3H3/t19?,25-,27?/m1/s1. The van der Waals surface area contributed by atoms with Crippen LogP contribution in [0.15, 0.2) is 78.0 Å². The summed E-state index contributed by atoms with van der Waals surface area (Å²) < 4.78 is 14.3. The molecule has 0 spiro atoms. The molecule has 28 heavy (non-hydrogen) atoms. The van der Waals surface area contributed by atoms with Crippen LogP contribution < -0.4 is 0 Å². The summed E-state index contributed by atoms with van der Waals surface area (Å²) in [6.45, 7) is 7.11. The quantitative estimate of drug-likeness (QED) is 0.493. The molecule has 0 aromatic heterocycles. The molecule has 4 rings (SSSR count). The van der Waals surface area contributed by atoms with E-state index in [0.29, 0.717) is 17.4 Å². The van der Waals surface area contributed by atoms with E-state index in [1.54, 1.807) is 6.08 Å². The van der Waals surface area contributed by atoms with Gasteiger partial charge in [0.05, 0.1) is 5.57 Å². The summed E-state index contributed by atoms with van der Waals surface area (Å²) in [6.07, 6.45) is 6.46. The summed E-state index contributed by atoms with van der Waals surface area (Å²) in [6, 6.07) is 17.2. The third-order valence-electron chi connectivity index (χ3n) is 6.82. The van der Waals surface area contributed by atoms with Gasteiger partial charge in [0.25, 0.3) is 0 Å². The number of allylic oxidation sites excluding steroid dienone is 4. The van der Waals surface area contributed by atoms with E-state index in [9.17, 15) is 4.39 Å². The van der Waals surface area contributed by atoms with Crippen molar-refractivity contribution in [1.82, 2.24) is 0 Å². The van der Waals surface area contributed by atoms with Crippen LogP contribution in [0.4, 0.5) is 4.39 Å². The van der Waals surface area contributed by atoms with Gasteiger partial charge in [-0.25, -0.2) is 4.39 Å². The maximum absolute atomic E-state index is 14.3. The molecule has 0 fully saturated rings. The van der Waals surface area contributed by atoms with E-state index in [2.05, 4.69) is 68.6 Å². The molecular weight excluding hydrogens is 343 g/mol. The van der Waals surface area contributed by atoms with Gasteiger partial charge in [-0.1, -0.05) is 81.1 Å². The Morgan fingerprint density at radius 3 is 2.79 bits per heavy atom. The van der Waals surface area contributed by atoms with Crippen molar-refractivity contribution in [3.05, 3.63) is 100 Å². The lowest BCUT2D eigenvalue weighted by atomic mass is 9.61. The maximum Gasteiger partial charge on any atom is 0.140 e. The fourth-order valence-corrected chi connectivity index (χ4v) is 4.78. The predicted octanol–water partition coefficient (Wildman–Crippen LogP) is 7.38. The molecule has 2 aromatic carbocycles. The Morgan fingerprint density at radius 2 is 2.00 bits per heavy atom. The van der Waals surface area contributed by atoms with Crippen molar-refractivity contribution in [3.63, 3.8) is 0 Å². The van der Waals surface area contributed by atoms with E-state index in [0.717, 1.165) is 18.4 Å². The highest BCUT2D eigenvalue weighted by atomic mass is 19.1. The van der Waals surface area contributed by atoms with Crippen LogP contribution in [0.25, 0.3) is 5.57 Å². The first-order chi connectivity index (χ1) is 13.5. The van der Waals surface area contributed by atoms with E-state index in [1.807, 2.05) is 12.1 Å². The maximum atomic E-state index is 14.3. The normalized spacial score (nSPS) is 24.4. The Morgan fingerprint density at radius 1 is 1.18 bits per heavy atom. The third kappa shape index (κ3) is 3.33. The molecular formula is C27H27F. The zero-order valence-electron chi connectivity index (χ0n) is 16.9. The first kappa shape index (κ1) is 18.8. The van der Waals surface area contributed by atoms with Crippen molar-refractivity contribution in [3.8, 4) is 0 Å². The summed E-state index contributed by atoms with van der Waals surface area (Å²) in [7, 11) is 0. The van der Waals surface area contributed by atoms with E-state index >= 15 is 0 Å². The number of hydrogen-bond donors (Lipinski definition) is 0. The Kier molecular flexibility index (Phi) is 4.98. The van der Waals surface area contributed by atoms with Gasteiger partial charge >= 0.3 is 0 Å². The van der Waals surface area contributed by atoms with Crippen molar-refractivity contribution < 1.29 is 4.39 Å². The van der Waals surface area contributed by atoms with E-state index in [4.69, 9.17) is 0 Å². The number of halogens is 1. The van der Waals surface area contributed by atoms with Crippen LogP contribution in [0.1, 0.15) is 61.8 Å². The SMILES string of the molecule is CCC(C)C1(C)Cc2ccccc2[C@@H](c2cccc(C3=C=C=CC=C3F)c2)C1. The van der Waals surface area contributed by atoms with Crippen molar-refractivity contribution in [2.24, 2.45) is 11.3 Å². The van der Waals surface area contributed by atoms with Crippen molar-refractivity contribution in [2.75, 3.05) is 0 Å². The average Bonchev–Trinajstić information content (AvgIpc) is 2.73. The van der Waals surface area contributed by atoms with Crippen LogP contribution >= 0.6 is 0 Å². The highest BCUT2D eigenvalue weighted by molar-refractivity contribution is 5.78. The highest BCUT2D eigenvalue weighted by Crippen LogP contribution is 2.50. The van der Waals surface area contributed by atoms with Gasteiger partial charge in [0.2, 0.25) is 0 Å². The van der Waals surface area contributed by atoms with Crippen LogP contribution in [0.2, 0.25) is 0 Å². The summed E-state index contributed by atoms with van der Waals surface area (Å²) in [4.78, 5) is 0. The lowest BCUT2D eigenvalue weighted by molar-refractivity contribution is 0.158. The highest BCUT2D eigenvalue weighted by Gasteiger charge is 2.39. The number of benzene rings is 2. The summed E-state index contributed by atoms with van der Waals surface area (Å²) >= 11 is 0. The molecule has 0 N–H and O–H groups in total. The van der Waals surface area contributed by atoms with Crippen LogP contribution in [0, 0.1) is 11.3 Å². The second kappa shape index (κ2) is 7.44. The van der Waals surface area contributed by atoms with Gasteiger partial charge in [-0.3, -0.25) is 0 Å². The minimum Gasteiger partial charge on any atom is -0.206 e. The zero-order valence-corrected chi connectivity index (χ0v) is 16.9. The van der Waals surface area contributed by atoms with Gasteiger partial charge < -0.3 is 0 Å². The Balaban J connectivity index is 1.80. The molecule has 0 nitrogen and oxygen atoms in total. The molecule has 0 bridgehead atoms. The van der Waals surface area contributed by atoms with Gasteiger partial charge in [-0.2, -0.15) is 0 Å². The molecule has 0 saturated carbocycles. The molecule has 2 unspecified atom stereocenters. The molecule has 0 heterocycles. The summed E-state index contributed by atoms with van der Waals surface area (Å²) in [5.41, 5.74) is 11.6. The van der Waals surface area contributed by atoms with Crippen LogP contribution in [-0.4, -0.2) is 0 Å². The first-order valence-electron chi connectivity index (χ1n) is 10.3. The molecule has 142 valence electrons. The summed E-state index contributed by atoms with van der Waals surface area (Å²) in [5.74, 6) is 0.741. The number of hydrogen-bond acceptors (Lipinski definition) is 0. The van der Waals surface area contributed by atoms with Gasteiger partial charge in [0, 0.05) is 5.92 Å². The molecule has 2 aromatic rings. The molecule has 0 amide bonds. The molecule has 0 radical (unpaired) electrons. The topological polar surface area (TPSA) is 0 Å². The monoisotopic (exact) mass is 370 g/mol. The lowest BCUT2D eigenvalue weighted by Gasteiger charge is -2.44. The van der Waals surface area contributed by atoms with Gasteiger partial charge in [-0.15, -0.1) is 0 Å². The smallest absolute Gasteiger partial charge is 0.140 e. The van der Waals surface area contributed by atoms with Crippen LogP contribution in [0.5, 0.6) is 0 Å². The van der Waals surface area contributed by atoms with E-state index < -0.39 is 0 Å². The van der Waals surface area contributed by atoms with Gasteiger partial charge in [-0.05, 0) is 64.6 Å². The van der Waals surface area contributed by atoms with Crippen molar-refractivity contribution >= 4 is 5.57 Å². The molecule has 0 aliphatic heterocycles. The van der Waals surface area contributed by atoms with E-state index in [-0.39, 0.29) is 11.2 Å². The van der Waals surface area contributed by atoms with E-state index in [1.165, 1.54) is 29.2 Å². The van der Waals surface area contributed by atoms with Crippen molar-refractivity contribution in [2.45, 2.75) is 46.0 Å². The van der Waals surface area contributed by atoms with Crippen molar-refractivity contribution in [1.29, 1.82) is 0 Å². The molecule has 3 atom stereocenters. The fraction of sp³-hybridized carbons (Fsp3) is 0.333. The first-order valence-corrected chi connectivity index (χ1v) is 10.3. The Labute approximate surface area is 167 Å². The minimum absolute atomic E-state index is 0.246. The third-order valence-corrected chi connectivity index (χ3v) is 6.82. The van der Waals surface area contributed by atoms with Crippen LogP contribution in [-0.2, 0) is 6.42 Å². The fourth-order valence-electron chi connectivity index (χ4n) is 4.78. The largest absolute Gasteiger partial charge is 0.206 e. The van der Waals surface area contributed by atoms with Crippen LogP contribution in [0.3, 0.4) is 0 Å². The molecule has 2 aliphatic carbocycles. The number of rotatable bonds is 4. The summed E-state index contributed by atoms with van der Waals surface area (Å²) in [5, 5.41) is 0. The van der Waals surface area contributed by atoms with Gasteiger partial charge in [0.15, 0.2) is 0 Å². The minimum atomic E-state index is -0.246. The number of fused-ring (bicyclic) bond motifs is 1. The van der Waals surface area contributed by atoms with Gasteiger partial charge in [0.1, 0.15) is 5.83 Å². The average molecular weight is 371 g/mol. The second-order valence-corrected chi connectivity index (χ2v) is 8.55. The predicted molar refractivity (Wildman–Crippen MR) is 115 cm³/mol. The molecule has 0 saturated heterocycles. The Bertz CT molecular complexity index is 1030. The molecule has 2 aliphatic rings. The Hall–Kier alpha value is -2.59. The zero-order chi connectivity index (χ0) is 19.7. The molecule has 1 heteroatoms. The second-order valence-electron chi connectivity index (χ2n) is 8.55. The lowest BCUT2D eigenvalue weighted by Crippen LogP contribution is -2.34.